The number of hydrogen-bond acceptors (Lipinski definition) is 2. The van der Waals surface area contributed by atoms with Gasteiger partial charge in [-0.2, -0.15) is 0 Å². The Labute approximate surface area is 126 Å². The molecule has 1 N–H and O–H groups in total. The molecule has 1 saturated heterocycles. The summed E-state index contributed by atoms with van der Waals surface area (Å²) in [5, 5.41) is 3.64. The monoisotopic (exact) mass is 280 g/mol. The van der Waals surface area contributed by atoms with Gasteiger partial charge >= 0.3 is 0 Å². The maximum Gasteiger partial charge on any atom is 0.0156 e. The van der Waals surface area contributed by atoms with Gasteiger partial charge in [-0.15, -0.1) is 0 Å². The van der Waals surface area contributed by atoms with Crippen molar-refractivity contribution in [2.24, 2.45) is 16.7 Å². The average molecular weight is 280 g/mol. The Balaban J connectivity index is 1.94. The molecule has 0 aromatic heterocycles. The number of rotatable bonds is 3. The van der Waals surface area contributed by atoms with E-state index in [-0.39, 0.29) is 0 Å². The Morgan fingerprint density at radius 1 is 1.00 bits per heavy atom. The normalized spacial score (nSPS) is 34.6. The number of nitrogens with one attached hydrogen (secondary N) is 1. The van der Waals surface area contributed by atoms with Crippen LogP contribution in [0.1, 0.15) is 66.2 Å². The summed E-state index contributed by atoms with van der Waals surface area (Å²) < 4.78 is 0. The van der Waals surface area contributed by atoms with Gasteiger partial charge in [-0.3, -0.25) is 0 Å². The standard InChI is InChI=1S/C18H36N2/c1-17(2)9-7-12-20(13-11-17)14-15-8-6-10-18(3,4)16(15)19-5/h15-16,19H,6-14H2,1-5H3. The van der Waals surface area contributed by atoms with Crippen LogP contribution in [-0.2, 0) is 0 Å². The first kappa shape index (κ1) is 16.3. The minimum Gasteiger partial charge on any atom is -0.316 e. The first-order valence-electron chi connectivity index (χ1n) is 8.74. The van der Waals surface area contributed by atoms with Crippen molar-refractivity contribution in [3.63, 3.8) is 0 Å². The molecule has 2 unspecified atom stereocenters. The highest BCUT2D eigenvalue weighted by molar-refractivity contribution is 4.94. The van der Waals surface area contributed by atoms with Gasteiger partial charge in [0.1, 0.15) is 0 Å². The number of nitrogens with zero attached hydrogens (tertiary/aromatic N) is 1. The van der Waals surface area contributed by atoms with Crippen LogP contribution in [0.2, 0.25) is 0 Å². The van der Waals surface area contributed by atoms with Crippen LogP contribution in [0.5, 0.6) is 0 Å². The van der Waals surface area contributed by atoms with Crippen molar-refractivity contribution < 1.29 is 0 Å². The van der Waals surface area contributed by atoms with Crippen molar-refractivity contribution >= 4 is 0 Å². The Kier molecular flexibility index (Phi) is 5.18. The maximum atomic E-state index is 3.64. The average Bonchev–Trinajstić information content (AvgIpc) is 2.50. The molecule has 2 aliphatic rings. The molecule has 20 heavy (non-hydrogen) atoms. The lowest BCUT2D eigenvalue weighted by molar-refractivity contribution is 0.0835. The van der Waals surface area contributed by atoms with Crippen molar-refractivity contribution in [3.8, 4) is 0 Å². The molecule has 0 aromatic carbocycles. The summed E-state index contributed by atoms with van der Waals surface area (Å²) in [6, 6.07) is 0.688. The predicted octanol–water partition coefficient (Wildman–Crippen LogP) is 3.91. The highest BCUT2D eigenvalue weighted by Crippen LogP contribution is 2.39. The van der Waals surface area contributed by atoms with E-state index in [4.69, 9.17) is 0 Å². The van der Waals surface area contributed by atoms with Crippen LogP contribution in [0.4, 0.5) is 0 Å². The van der Waals surface area contributed by atoms with E-state index >= 15 is 0 Å². The van der Waals surface area contributed by atoms with Gasteiger partial charge in [-0.1, -0.05) is 34.1 Å². The summed E-state index contributed by atoms with van der Waals surface area (Å²) >= 11 is 0. The van der Waals surface area contributed by atoms with E-state index in [2.05, 4.69) is 45.0 Å². The first-order valence-corrected chi connectivity index (χ1v) is 8.74. The van der Waals surface area contributed by atoms with E-state index in [1.165, 1.54) is 58.2 Å². The molecule has 2 heteroatoms. The maximum absolute atomic E-state index is 3.64. The van der Waals surface area contributed by atoms with Gasteiger partial charge < -0.3 is 10.2 Å². The molecule has 0 amide bonds. The smallest absolute Gasteiger partial charge is 0.0156 e. The van der Waals surface area contributed by atoms with Gasteiger partial charge in [0.25, 0.3) is 0 Å². The van der Waals surface area contributed by atoms with Crippen molar-refractivity contribution in [3.05, 3.63) is 0 Å². The Bertz CT molecular complexity index is 309. The summed E-state index contributed by atoms with van der Waals surface area (Å²) in [6.07, 6.45) is 8.35. The molecule has 1 saturated carbocycles. The van der Waals surface area contributed by atoms with Gasteiger partial charge in [-0.25, -0.2) is 0 Å². The molecule has 0 radical (unpaired) electrons. The lowest BCUT2D eigenvalue weighted by Crippen LogP contribution is -2.51. The summed E-state index contributed by atoms with van der Waals surface area (Å²) in [7, 11) is 2.16. The fraction of sp³-hybridized carbons (Fsp3) is 1.00. The molecule has 2 nitrogen and oxygen atoms in total. The summed E-state index contributed by atoms with van der Waals surface area (Å²) in [5.74, 6) is 0.838. The molecule has 1 heterocycles. The van der Waals surface area contributed by atoms with E-state index in [1.54, 1.807) is 0 Å². The highest BCUT2D eigenvalue weighted by atomic mass is 15.1. The van der Waals surface area contributed by atoms with Gasteiger partial charge in [-0.05, 0) is 69.0 Å². The van der Waals surface area contributed by atoms with Crippen molar-refractivity contribution in [2.75, 3.05) is 26.7 Å². The van der Waals surface area contributed by atoms with Crippen molar-refractivity contribution in [1.82, 2.24) is 10.2 Å². The third kappa shape index (κ3) is 3.98. The second-order valence-corrected chi connectivity index (χ2v) is 8.73. The lowest BCUT2D eigenvalue weighted by atomic mass is 9.68. The summed E-state index contributed by atoms with van der Waals surface area (Å²) in [4.78, 5) is 2.76. The molecule has 2 atom stereocenters. The SMILES string of the molecule is CNC1C(CN2CCCC(C)(C)CC2)CCCC1(C)C. The molecular formula is C18H36N2. The lowest BCUT2D eigenvalue weighted by Gasteiger charge is -2.45. The fourth-order valence-electron chi connectivity index (χ4n) is 4.60. The van der Waals surface area contributed by atoms with Crippen molar-refractivity contribution in [2.45, 2.75) is 72.3 Å². The van der Waals surface area contributed by atoms with Gasteiger partial charge in [0.05, 0.1) is 0 Å². The fourth-order valence-corrected chi connectivity index (χ4v) is 4.60. The second-order valence-electron chi connectivity index (χ2n) is 8.73. The molecule has 0 bridgehead atoms. The molecular weight excluding hydrogens is 244 g/mol. The molecule has 0 spiro atoms. The largest absolute Gasteiger partial charge is 0.316 e. The molecule has 1 aliphatic heterocycles. The zero-order valence-electron chi connectivity index (χ0n) is 14.5. The van der Waals surface area contributed by atoms with E-state index in [0.29, 0.717) is 16.9 Å². The molecule has 1 aliphatic carbocycles. The van der Waals surface area contributed by atoms with E-state index in [1.807, 2.05) is 0 Å². The summed E-state index contributed by atoms with van der Waals surface area (Å²) in [6.45, 7) is 13.7. The van der Waals surface area contributed by atoms with Gasteiger partial charge in [0.15, 0.2) is 0 Å². The third-order valence-electron chi connectivity index (χ3n) is 5.95. The number of hydrogen-bond donors (Lipinski definition) is 1. The van der Waals surface area contributed by atoms with Crippen LogP contribution in [0.25, 0.3) is 0 Å². The summed E-state index contributed by atoms with van der Waals surface area (Å²) in [5.41, 5.74) is 1.02. The minimum absolute atomic E-state index is 0.461. The molecule has 118 valence electrons. The van der Waals surface area contributed by atoms with Crippen LogP contribution >= 0.6 is 0 Å². The Hall–Kier alpha value is -0.0800. The van der Waals surface area contributed by atoms with Crippen LogP contribution in [0, 0.1) is 16.7 Å². The van der Waals surface area contributed by atoms with Gasteiger partial charge in [0.2, 0.25) is 0 Å². The zero-order chi connectivity index (χ0) is 14.8. The highest BCUT2D eigenvalue weighted by Gasteiger charge is 2.38. The van der Waals surface area contributed by atoms with E-state index in [0.717, 1.165) is 5.92 Å². The van der Waals surface area contributed by atoms with Crippen LogP contribution < -0.4 is 5.32 Å². The van der Waals surface area contributed by atoms with Crippen LogP contribution in [0.3, 0.4) is 0 Å². The van der Waals surface area contributed by atoms with Crippen LogP contribution in [0.15, 0.2) is 0 Å². The van der Waals surface area contributed by atoms with Crippen molar-refractivity contribution in [1.29, 1.82) is 0 Å². The second kappa shape index (κ2) is 6.36. The molecule has 2 rings (SSSR count). The van der Waals surface area contributed by atoms with E-state index in [9.17, 15) is 0 Å². The predicted molar refractivity (Wildman–Crippen MR) is 88.0 cm³/mol. The molecule has 2 fully saturated rings. The minimum atomic E-state index is 0.461. The first-order chi connectivity index (χ1) is 9.34. The van der Waals surface area contributed by atoms with Crippen LogP contribution in [-0.4, -0.2) is 37.6 Å². The zero-order valence-corrected chi connectivity index (χ0v) is 14.5. The Morgan fingerprint density at radius 2 is 1.75 bits per heavy atom. The third-order valence-corrected chi connectivity index (χ3v) is 5.95. The quantitative estimate of drug-likeness (QED) is 0.843. The topological polar surface area (TPSA) is 15.3 Å². The Morgan fingerprint density at radius 3 is 2.45 bits per heavy atom. The number of likely N-dealkylation sites (tertiary alicyclic amines) is 1. The van der Waals surface area contributed by atoms with Gasteiger partial charge in [0, 0.05) is 12.6 Å². The molecule has 0 aromatic rings. The van der Waals surface area contributed by atoms with E-state index < -0.39 is 0 Å².